The molecule has 16 atom stereocenters. The summed E-state index contributed by atoms with van der Waals surface area (Å²) in [6, 6.07) is 0. The van der Waals surface area contributed by atoms with Gasteiger partial charge < -0.3 is 80.5 Å². The molecule has 78 heavy (non-hydrogen) atoms. The lowest BCUT2D eigenvalue weighted by atomic mass is 9.95. The number of esters is 9. The van der Waals surface area contributed by atoms with Gasteiger partial charge in [0.25, 0.3) is 6.29 Å². The van der Waals surface area contributed by atoms with Gasteiger partial charge in [-0.05, 0) is 43.5 Å². The van der Waals surface area contributed by atoms with Crippen molar-refractivity contribution in [2.24, 2.45) is 0 Å². The zero-order valence-electron chi connectivity index (χ0n) is 47.4. The van der Waals surface area contributed by atoms with Gasteiger partial charge in [-0.25, -0.2) is 0 Å². The number of carbonyl (C=O) groups is 9. The van der Waals surface area contributed by atoms with Gasteiger partial charge in [0.05, 0.1) is 26.2 Å². The number of quaternary nitrogens is 1. The fourth-order valence-electron chi connectivity index (χ4n) is 7.98. The van der Waals surface area contributed by atoms with Crippen molar-refractivity contribution in [3.63, 3.8) is 0 Å². The minimum atomic E-state index is -3.77. The molecule has 0 aliphatic carbocycles. The lowest BCUT2D eigenvalue weighted by Crippen LogP contribution is -3.11. The van der Waals surface area contributed by atoms with Gasteiger partial charge in [0.1, 0.15) is 43.7 Å². The van der Waals surface area contributed by atoms with E-state index in [2.05, 4.69) is 20.8 Å². The van der Waals surface area contributed by atoms with Crippen LogP contribution >= 0.6 is 8.25 Å². The Bertz CT molecular complexity index is 2060. The number of hydrogen-bond donors (Lipinski definition) is 1. The highest BCUT2D eigenvalue weighted by molar-refractivity contribution is 7.30. The van der Waals surface area contributed by atoms with Crippen LogP contribution in [-0.2, 0) is 123 Å². The van der Waals surface area contributed by atoms with Crippen LogP contribution in [0.1, 0.15) is 104 Å². The van der Waals surface area contributed by atoms with Crippen LogP contribution in [0.25, 0.3) is 0 Å². The molecule has 0 aromatic rings. The predicted octanol–water partition coefficient (Wildman–Crippen LogP) is 0.567. The van der Waals surface area contributed by atoms with Crippen molar-refractivity contribution in [1.82, 2.24) is 0 Å². The van der Waals surface area contributed by atoms with Gasteiger partial charge in [-0.2, -0.15) is 0 Å². The summed E-state index contributed by atoms with van der Waals surface area (Å²) < 4.78 is 105. The summed E-state index contributed by atoms with van der Waals surface area (Å²) in [5.74, 6) is -8.82. The molecule has 0 bridgehead atoms. The maximum Gasteiger partial charge on any atom is 0.491 e. The Morgan fingerprint density at radius 2 is 0.744 bits per heavy atom. The SMILES string of the molecule is CC(=O)OC[C@H]1O[C@@H](O[C@H]2[C@@H](OC(C)=O)[C@@H](CO[Si](C)(C)C(C)(C)C)O[C@@H](O[C@H]3[C@H](OC(C)=O)[C@H](OC(C)=O)[C@@H](O[P+](=O)[O-])O[C@@H]3COC(C)=O)[C@@H]2OC(C)=O)[C@H](OC(C)=O)[C@@H](OC(C)=O)[C@H]1OC(C)=O.CC[NH+](CC)CC. The monoisotopic (exact) mass is 1160 g/mol. The summed E-state index contributed by atoms with van der Waals surface area (Å²) in [5, 5.41) is -0.446. The molecule has 30 heteroatoms. The molecule has 1 unspecified atom stereocenters. The standard InChI is InChI=1S/C42H63O27PSi.C6H15N/c1-18(43)54-15-27-30(57-20(3)45)33(59-22(5)47)36(61-24(7)49)40(64-27)68-35-31(58-21(4)46)29(17-56-71(13,14)42(10,11)12)65-39(37(35)62-25(8)50)67-32-28(16-55-19(2)44)66-41(69-70(52)53)38(63-26(9)51)34(32)60-23(6)48;1-4-7(5-2)6-3/h27-41H,15-17H2,1-14H3;4-6H2,1-3H3/p+1/t27-,28-,29-,30+,31+,32-,33+,34+,35+,36-,37-,38+,39+,40+,41-;/m1./s1. The van der Waals surface area contributed by atoms with E-state index in [-0.39, 0.29) is 0 Å². The number of nitrogens with one attached hydrogen (secondary N) is 1. The maximum atomic E-state index is 13.2. The second-order valence-electron chi connectivity index (χ2n) is 19.7. The van der Waals surface area contributed by atoms with Crippen LogP contribution in [0.5, 0.6) is 0 Å². The molecule has 3 heterocycles. The van der Waals surface area contributed by atoms with E-state index in [4.69, 9.17) is 75.3 Å². The van der Waals surface area contributed by atoms with E-state index in [0.29, 0.717) is 0 Å². The second kappa shape index (κ2) is 31.8. The summed E-state index contributed by atoms with van der Waals surface area (Å²) in [5.41, 5.74) is 0. The van der Waals surface area contributed by atoms with E-state index in [1.807, 2.05) is 33.9 Å². The van der Waals surface area contributed by atoms with E-state index in [1.54, 1.807) is 4.90 Å². The van der Waals surface area contributed by atoms with Crippen LogP contribution in [0.3, 0.4) is 0 Å². The summed E-state index contributed by atoms with van der Waals surface area (Å²) in [4.78, 5) is 127. The van der Waals surface area contributed by atoms with E-state index in [9.17, 15) is 52.6 Å². The quantitative estimate of drug-likeness (QED) is 0.0632. The molecule has 3 aliphatic rings. The van der Waals surface area contributed by atoms with E-state index in [0.717, 1.165) is 62.3 Å². The molecule has 28 nitrogen and oxygen atoms in total. The van der Waals surface area contributed by atoms with Crippen molar-refractivity contribution < 1.29 is 133 Å². The topological polar surface area (TPSA) is 346 Å². The molecule has 3 rings (SSSR count). The van der Waals surface area contributed by atoms with Gasteiger partial charge in [0.2, 0.25) is 0 Å². The average Bonchev–Trinajstić information content (AvgIpc) is 3.29. The molecule has 0 aromatic heterocycles. The summed E-state index contributed by atoms with van der Waals surface area (Å²) in [7, 11) is -6.55. The normalized spacial score (nSPS) is 29.2. The van der Waals surface area contributed by atoms with Crippen molar-refractivity contribution in [2.45, 2.75) is 214 Å². The minimum Gasteiger partial charge on any atom is -0.566 e. The largest absolute Gasteiger partial charge is 0.566 e. The number of rotatable bonds is 23. The Morgan fingerprint density at radius 3 is 1.09 bits per heavy atom. The molecule has 3 fully saturated rings. The van der Waals surface area contributed by atoms with Gasteiger partial charge in [-0.3, -0.25) is 43.2 Å². The summed E-state index contributed by atoms with van der Waals surface area (Å²) in [6.45, 7) is 27.0. The molecule has 3 saturated heterocycles. The van der Waals surface area contributed by atoms with Crippen LogP contribution < -0.4 is 9.79 Å². The first kappa shape index (κ1) is 69.3. The van der Waals surface area contributed by atoms with Gasteiger partial charge in [0, 0.05) is 62.3 Å². The predicted molar refractivity (Wildman–Crippen MR) is 262 cm³/mol. The third-order valence-electron chi connectivity index (χ3n) is 12.5. The fraction of sp³-hybridized carbons (Fsp3) is 0.812. The van der Waals surface area contributed by atoms with Crippen LogP contribution in [0, 0.1) is 0 Å². The highest BCUT2D eigenvalue weighted by Gasteiger charge is 2.61. The maximum absolute atomic E-state index is 13.2. The lowest BCUT2D eigenvalue weighted by Gasteiger charge is -2.50. The highest BCUT2D eigenvalue weighted by atomic mass is 31.1. The van der Waals surface area contributed by atoms with Gasteiger partial charge >= 0.3 is 62.0 Å². The smallest absolute Gasteiger partial charge is 0.491 e. The minimum absolute atomic E-state index is 0.437. The summed E-state index contributed by atoms with van der Waals surface area (Å²) >= 11 is 0. The van der Waals surface area contributed by atoms with Crippen molar-refractivity contribution in [2.75, 3.05) is 39.5 Å². The van der Waals surface area contributed by atoms with Gasteiger partial charge in [-0.15, -0.1) is 4.52 Å². The Morgan fingerprint density at radius 1 is 0.449 bits per heavy atom. The molecule has 1 N–H and O–H groups in total. The fourth-order valence-corrected chi connectivity index (χ4v) is 9.33. The molecule has 446 valence electrons. The van der Waals surface area contributed by atoms with Crippen molar-refractivity contribution in [3.8, 4) is 0 Å². The van der Waals surface area contributed by atoms with Crippen molar-refractivity contribution in [1.29, 1.82) is 0 Å². The van der Waals surface area contributed by atoms with Crippen molar-refractivity contribution in [3.05, 3.63) is 0 Å². The van der Waals surface area contributed by atoms with Gasteiger partial charge in [0.15, 0.2) is 63.6 Å². The van der Waals surface area contributed by atoms with E-state index >= 15 is 0 Å². The second-order valence-corrected chi connectivity index (χ2v) is 25.1. The molecular formula is C48H79NO27PSi+. The van der Waals surface area contributed by atoms with Crippen LogP contribution in [0.4, 0.5) is 0 Å². The Labute approximate surface area is 455 Å². The van der Waals surface area contributed by atoms with Crippen LogP contribution in [-0.4, -0.2) is 194 Å². The average molecular weight is 1160 g/mol. The Balaban J connectivity index is 0.00000277. The van der Waals surface area contributed by atoms with E-state index in [1.165, 1.54) is 19.6 Å². The number of carbonyl (C=O) groups excluding carboxylic acids is 9. The van der Waals surface area contributed by atoms with E-state index < -0.39 is 187 Å². The zero-order chi connectivity index (χ0) is 59.6. The molecule has 0 spiro atoms. The molecule has 3 aliphatic heterocycles. The molecule has 0 amide bonds. The first-order chi connectivity index (χ1) is 36.2. The van der Waals surface area contributed by atoms with Crippen molar-refractivity contribution >= 4 is 70.3 Å². The number of ether oxygens (including phenoxy) is 14. The molecular weight excluding hydrogens is 1080 g/mol. The first-order valence-corrected chi connectivity index (χ1v) is 29.2. The highest BCUT2D eigenvalue weighted by Crippen LogP contribution is 2.41. The third-order valence-corrected chi connectivity index (χ3v) is 17.4. The number of hydrogen-bond acceptors (Lipinski definition) is 27. The molecule has 0 aromatic carbocycles. The van der Waals surface area contributed by atoms with Gasteiger partial charge in [-0.1, -0.05) is 20.8 Å². The lowest BCUT2D eigenvalue weighted by molar-refractivity contribution is -0.894. The van der Waals surface area contributed by atoms with Crippen LogP contribution in [0.2, 0.25) is 18.1 Å². The van der Waals surface area contributed by atoms with Crippen LogP contribution in [0.15, 0.2) is 0 Å². The zero-order valence-corrected chi connectivity index (χ0v) is 49.3. The molecule has 0 saturated carbocycles. The first-order valence-electron chi connectivity index (χ1n) is 25.2. The Hall–Kier alpha value is -4.81. The Kier molecular flexibility index (Phi) is 28.3. The molecule has 0 radical (unpaired) electrons. The third kappa shape index (κ3) is 22.0. The summed E-state index contributed by atoms with van der Waals surface area (Å²) in [6.07, 6.45) is -27.6.